The first-order chi connectivity index (χ1) is 18.5. The minimum Gasteiger partial charge on any atom is -0.328 e. The number of benzene rings is 3. The Morgan fingerprint density at radius 1 is 0.711 bits per heavy atom. The zero-order valence-electron chi connectivity index (χ0n) is 20.2. The third-order valence-corrected chi connectivity index (χ3v) is 7.73. The maximum absolute atomic E-state index is 13.9. The van der Waals surface area contributed by atoms with Crippen LogP contribution in [0.25, 0.3) is 0 Å². The number of carbonyl (C=O) groups excluding carboxylic acids is 4. The molecule has 186 valence electrons. The number of para-hydroxylation sites is 1. The molecule has 3 atom stereocenters. The van der Waals surface area contributed by atoms with E-state index in [1.165, 1.54) is 4.90 Å². The van der Waals surface area contributed by atoms with Crippen molar-refractivity contribution >= 4 is 35.3 Å². The minimum atomic E-state index is -0.692. The van der Waals surface area contributed by atoms with Crippen molar-refractivity contribution in [1.82, 2.24) is 9.80 Å². The van der Waals surface area contributed by atoms with Crippen LogP contribution in [0.4, 0.5) is 5.69 Å². The predicted octanol–water partition coefficient (Wildman–Crippen LogP) is 3.62. The molecular weight excluding hydrogens is 480 g/mol. The average Bonchev–Trinajstić information content (AvgIpc) is 3.52. The maximum atomic E-state index is 13.9. The summed E-state index contributed by atoms with van der Waals surface area (Å²) in [6, 6.07) is 24.7. The highest BCUT2D eigenvalue weighted by Crippen LogP contribution is 2.45. The number of allylic oxidation sites excluding steroid dienone is 1. The van der Waals surface area contributed by atoms with Gasteiger partial charge >= 0.3 is 0 Å². The summed E-state index contributed by atoms with van der Waals surface area (Å²) in [5, 5.41) is 0. The summed E-state index contributed by atoms with van der Waals surface area (Å²) in [5.74, 6) is -2.48. The van der Waals surface area contributed by atoms with Gasteiger partial charge in [0, 0.05) is 6.54 Å². The number of aliphatic imine (C=N–C) groups is 1. The van der Waals surface area contributed by atoms with E-state index >= 15 is 0 Å². The molecule has 4 aliphatic rings. The van der Waals surface area contributed by atoms with Crippen LogP contribution in [0.15, 0.2) is 102 Å². The topological polar surface area (TPSA) is 90.4 Å². The fourth-order valence-corrected chi connectivity index (χ4v) is 6.00. The lowest BCUT2D eigenvalue weighted by Crippen LogP contribution is -2.52. The van der Waals surface area contributed by atoms with E-state index in [2.05, 4.69) is 0 Å². The van der Waals surface area contributed by atoms with Gasteiger partial charge in [-0.05, 0) is 36.2 Å². The van der Waals surface area contributed by atoms with Crippen LogP contribution in [0.1, 0.15) is 32.7 Å². The Balaban J connectivity index is 1.31. The van der Waals surface area contributed by atoms with Crippen LogP contribution in [-0.2, 0) is 16.1 Å². The molecule has 0 radical (unpaired) electrons. The molecule has 1 aliphatic carbocycles. The number of guanidine groups is 1. The fraction of sp³-hybridized carbons (Fsp3) is 0.167. The Hall–Kier alpha value is -4.85. The van der Waals surface area contributed by atoms with Gasteiger partial charge in [0.05, 0.1) is 40.4 Å². The Morgan fingerprint density at radius 3 is 1.97 bits per heavy atom. The lowest BCUT2D eigenvalue weighted by atomic mass is 9.79. The Kier molecular flexibility index (Phi) is 4.91. The summed E-state index contributed by atoms with van der Waals surface area (Å²) >= 11 is 0. The summed E-state index contributed by atoms with van der Waals surface area (Å²) in [4.78, 5) is 63.2. The quantitative estimate of drug-likeness (QED) is 0.511. The number of anilines is 1. The molecule has 1 saturated heterocycles. The second-order valence-corrected chi connectivity index (χ2v) is 9.81. The molecule has 8 nitrogen and oxygen atoms in total. The molecule has 3 heterocycles. The van der Waals surface area contributed by atoms with E-state index in [0.29, 0.717) is 35.5 Å². The highest BCUT2D eigenvalue weighted by atomic mass is 16.2. The maximum Gasteiger partial charge on any atom is 0.268 e. The Labute approximate surface area is 218 Å². The molecule has 0 unspecified atom stereocenters. The van der Waals surface area contributed by atoms with Crippen molar-refractivity contribution in [1.29, 1.82) is 0 Å². The number of carbonyl (C=O) groups is 4. The Morgan fingerprint density at radius 2 is 1.32 bits per heavy atom. The lowest BCUT2D eigenvalue weighted by molar-refractivity contribution is -0.122. The molecule has 0 bridgehead atoms. The monoisotopic (exact) mass is 502 g/mol. The van der Waals surface area contributed by atoms with Gasteiger partial charge in [0.2, 0.25) is 17.8 Å². The summed E-state index contributed by atoms with van der Waals surface area (Å²) in [7, 11) is 0. The van der Waals surface area contributed by atoms with Crippen LogP contribution < -0.4 is 4.90 Å². The highest BCUT2D eigenvalue weighted by molar-refractivity contribution is 6.30. The summed E-state index contributed by atoms with van der Waals surface area (Å²) < 4.78 is 0. The number of rotatable bonds is 3. The van der Waals surface area contributed by atoms with Crippen molar-refractivity contribution in [3.63, 3.8) is 0 Å². The fourth-order valence-electron chi connectivity index (χ4n) is 6.00. The van der Waals surface area contributed by atoms with Gasteiger partial charge < -0.3 is 4.90 Å². The molecule has 1 fully saturated rings. The summed E-state index contributed by atoms with van der Waals surface area (Å²) in [5.41, 5.74) is 2.71. The van der Waals surface area contributed by atoms with Gasteiger partial charge in [-0.1, -0.05) is 66.7 Å². The largest absolute Gasteiger partial charge is 0.328 e. The van der Waals surface area contributed by atoms with Gasteiger partial charge in [-0.15, -0.1) is 0 Å². The van der Waals surface area contributed by atoms with Crippen molar-refractivity contribution in [2.45, 2.75) is 19.0 Å². The SMILES string of the molecule is O=C1c2ccccc2C(=O)N1C1=NC2=CC[C@H]3C(=O)N(c4ccccc4)C(=O)[C@H]3[C@H]2N1Cc1ccccc1. The van der Waals surface area contributed by atoms with E-state index < -0.39 is 29.7 Å². The molecule has 8 heteroatoms. The molecule has 3 aliphatic heterocycles. The molecule has 3 aromatic rings. The zero-order chi connectivity index (χ0) is 26.0. The molecule has 0 aromatic heterocycles. The van der Waals surface area contributed by atoms with Crippen molar-refractivity contribution in [3.05, 3.63) is 113 Å². The normalized spacial score (nSPS) is 23.9. The lowest BCUT2D eigenvalue weighted by Gasteiger charge is -2.36. The number of imide groups is 2. The highest BCUT2D eigenvalue weighted by Gasteiger charge is 2.58. The van der Waals surface area contributed by atoms with Crippen LogP contribution in [0, 0.1) is 11.8 Å². The van der Waals surface area contributed by atoms with Crippen LogP contribution in [0.3, 0.4) is 0 Å². The number of fused-ring (bicyclic) bond motifs is 4. The number of hydrogen-bond acceptors (Lipinski definition) is 6. The number of nitrogens with zero attached hydrogens (tertiary/aromatic N) is 4. The summed E-state index contributed by atoms with van der Waals surface area (Å²) in [6.45, 7) is 0.311. The first kappa shape index (κ1) is 22.4. The van der Waals surface area contributed by atoms with E-state index in [0.717, 1.165) is 10.5 Å². The van der Waals surface area contributed by atoms with E-state index in [9.17, 15) is 19.2 Å². The average molecular weight is 503 g/mol. The Bertz CT molecular complexity index is 1550. The van der Waals surface area contributed by atoms with E-state index in [-0.39, 0.29) is 17.8 Å². The summed E-state index contributed by atoms with van der Waals surface area (Å²) in [6.07, 6.45) is 2.23. The first-order valence-electron chi connectivity index (χ1n) is 12.5. The smallest absolute Gasteiger partial charge is 0.268 e. The second-order valence-electron chi connectivity index (χ2n) is 9.81. The molecular formula is C30H22N4O4. The molecule has 3 aromatic carbocycles. The van der Waals surface area contributed by atoms with Crippen LogP contribution in [-0.4, -0.2) is 45.4 Å². The molecule has 38 heavy (non-hydrogen) atoms. The van der Waals surface area contributed by atoms with E-state index in [1.807, 2.05) is 47.4 Å². The van der Waals surface area contributed by atoms with E-state index in [1.54, 1.807) is 48.5 Å². The third-order valence-electron chi connectivity index (χ3n) is 7.73. The number of amides is 4. The second kappa shape index (κ2) is 8.34. The van der Waals surface area contributed by atoms with Gasteiger partial charge in [-0.25, -0.2) is 14.8 Å². The molecule has 0 N–H and O–H groups in total. The molecule has 0 spiro atoms. The van der Waals surface area contributed by atoms with Crippen molar-refractivity contribution < 1.29 is 19.2 Å². The van der Waals surface area contributed by atoms with E-state index in [4.69, 9.17) is 4.99 Å². The van der Waals surface area contributed by atoms with Gasteiger partial charge in [0.15, 0.2) is 0 Å². The standard InChI is InChI=1S/C30H22N4O4/c35-26-20-13-7-8-14-21(20)27(36)34(26)30-31-23-16-15-22-24(25(23)32(30)17-18-9-3-1-4-10-18)29(38)33(28(22)37)19-11-5-2-6-12-19/h1-14,16,22,24-25H,15,17H2/t22-,24-,25+/m1/s1. The molecule has 0 saturated carbocycles. The van der Waals surface area contributed by atoms with Crippen molar-refractivity contribution in [2.75, 3.05) is 4.90 Å². The van der Waals surface area contributed by atoms with Crippen LogP contribution >= 0.6 is 0 Å². The molecule has 4 amide bonds. The first-order valence-corrected chi connectivity index (χ1v) is 12.5. The van der Waals surface area contributed by atoms with Crippen molar-refractivity contribution in [2.24, 2.45) is 16.8 Å². The van der Waals surface area contributed by atoms with Crippen LogP contribution in [0.5, 0.6) is 0 Å². The zero-order valence-corrected chi connectivity index (χ0v) is 20.2. The van der Waals surface area contributed by atoms with Gasteiger partial charge in [-0.2, -0.15) is 0 Å². The predicted molar refractivity (Wildman–Crippen MR) is 139 cm³/mol. The minimum absolute atomic E-state index is 0.190. The van der Waals surface area contributed by atoms with Gasteiger partial charge in [-0.3, -0.25) is 19.2 Å². The third kappa shape index (κ3) is 3.13. The number of hydrogen-bond donors (Lipinski definition) is 0. The molecule has 7 rings (SSSR count). The van der Waals surface area contributed by atoms with Crippen LogP contribution in [0.2, 0.25) is 0 Å². The van der Waals surface area contributed by atoms with Gasteiger partial charge in [0.1, 0.15) is 0 Å². The van der Waals surface area contributed by atoms with Crippen molar-refractivity contribution in [3.8, 4) is 0 Å². The van der Waals surface area contributed by atoms with Gasteiger partial charge in [0.25, 0.3) is 11.8 Å².